The van der Waals surface area contributed by atoms with Crippen LogP contribution in [0.5, 0.6) is 34.5 Å². The number of hydrogen-bond acceptors (Lipinski definition) is 8. The maximum atomic E-state index is 12.9. The fourth-order valence-electron chi connectivity index (χ4n) is 4.96. The Morgan fingerprint density at radius 2 is 1.64 bits per heavy atom. The Balaban J connectivity index is 2.06. The third kappa shape index (κ3) is 4.08. The Hall–Kier alpha value is -3.55. The predicted molar refractivity (Wildman–Crippen MR) is 135 cm³/mol. The van der Waals surface area contributed by atoms with Gasteiger partial charge < -0.3 is 33.2 Å². The lowest BCUT2D eigenvalue weighted by atomic mass is 9.74. The maximum Gasteiger partial charge on any atom is 0.333 e. The standard InChI is InChI=1S/C28H34O8/c1-9-15(2)27(29)36-28(4)13-18-12-19(30-5)23(31-6)25(32-7)22(18)21-17(10-16(28)3)11-20-24(26(21)33-8)35-14-34-20/h9,11-12,16H,10,13-14H2,1-8H3/b15-9+/t16-,28-/m0/s1. The van der Waals surface area contributed by atoms with Crippen LogP contribution in [-0.2, 0) is 22.4 Å². The number of methoxy groups -OCH3 is 4. The Bertz CT molecular complexity index is 1220. The molecule has 36 heavy (non-hydrogen) atoms. The zero-order chi connectivity index (χ0) is 26.2. The Kier molecular flexibility index (Phi) is 6.98. The quantitative estimate of drug-likeness (QED) is 0.401. The van der Waals surface area contributed by atoms with E-state index in [2.05, 4.69) is 6.92 Å². The number of ether oxygens (including phenoxy) is 7. The van der Waals surface area contributed by atoms with Gasteiger partial charge in [0.2, 0.25) is 18.3 Å². The second-order valence-corrected chi connectivity index (χ2v) is 9.31. The van der Waals surface area contributed by atoms with E-state index in [1.807, 2.05) is 26.0 Å². The average Bonchev–Trinajstić information content (AvgIpc) is 3.34. The SMILES string of the molecule is C/C=C(\C)C(=O)O[C@@]1(C)Cc2cc(OC)c(OC)c(OC)c2-c2c(cc3c(c2OC)OCO3)C[C@@H]1C. The van der Waals surface area contributed by atoms with Crippen molar-refractivity contribution in [2.24, 2.45) is 5.92 Å². The highest BCUT2D eigenvalue weighted by atomic mass is 16.7. The lowest BCUT2D eigenvalue weighted by Gasteiger charge is -2.39. The van der Waals surface area contributed by atoms with E-state index in [0.717, 1.165) is 22.3 Å². The summed E-state index contributed by atoms with van der Waals surface area (Å²) in [6.45, 7) is 7.74. The van der Waals surface area contributed by atoms with Crippen LogP contribution in [-0.4, -0.2) is 46.8 Å². The summed E-state index contributed by atoms with van der Waals surface area (Å²) < 4.78 is 40.9. The first-order valence-corrected chi connectivity index (χ1v) is 11.9. The zero-order valence-electron chi connectivity index (χ0n) is 22.2. The summed E-state index contributed by atoms with van der Waals surface area (Å²) in [6, 6.07) is 3.89. The molecule has 0 radical (unpaired) electrons. The van der Waals surface area contributed by atoms with Crippen molar-refractivity contribution in [3.8, 4) is 45.6 Å². The highest BCUT2D eigenvalue weighted by molar-refractivity contribution is 5.90. The van der Waals surface area contributed by atoms with Gasteiger partial charge in [0, 0.05) is 29.0 Å². The monoisotopic (exact) mass is 498 g/mol. The smallest absolute Gasteiger partial charge is 0.333 e. The van der Waals surface area contributed by atoms with E-state index < -0.39 is 5.60 Å². The molecule has 0 N–H and O–H groups in total. The number of allylic oxidation sites excluding steroid dienone is 1. The lowest BCUT2D eigenvalue weighted by molar-refractivity contribution is -0.158. The molecule has 0 saturated heterocycles. The average molecular weight is 499 g/mol. The summed E-state index contributed by atoms with van der Waals surface area (Å²) in [5.74, 6) is 2.80. The maximum absolute atomic E-state index is 12.9. The van der Waals surface area contributed by atoms with Gasteiger partial charge in [-0.15, -0.1) is 0 Å². The largest absolute Gasteiger partial charge is 0.493 e. The van der Waals surface area contributed by atoms with Gasteiger partial charge >= 0.3 is 5.97 Å². The molecule has 2 aromatic carbocycles. The van der Waals surface area contributed by atoms with Gasteiger partial charge in [-0.2, -0.15) is 0 Å². The molecule has 0 bridgehead atoms. The van der Waals surface area contributed by atoms with Crippen molar-refractivity contribution in [3.63, 3.8) is 0 Å². The Morgan fingerprint density at radius 1 is 0.972 bits per heavy atom. The second kappa shape index (κ2) is 9.84. The summed E-state index contributed by atoms with van der Waals surface area (Å²) in [5.41, 5.74) is 3.16. The molecule has 194 valence electrons. The molecule has 1 aliphatic heterocycles. The molecule has 0 fully saturated rings. The molecule has 1 heterocycles. The van der Waals surface area contributed by atoms with Crippen molar-refractivity contribution < 1.29 is 38.0 Å². The summed E-state index contributed by atoms with van der Waals surface area (Å²) in [5, 5.41) is 0. The molecular formula is C28H34O8. The first-order valence-electron chi connectivity index (χ1n) is 11.9. The van der Waals surface area contributed by atoms with Gasteiger partial charge in [0.25, 0.3) is 0 Å². The summed E-state index contributed by atoms with van der Waals surface area (Å²) >= 11 is 0. The zero-order valence-corrected chi connectivity index (χ0v) is 22.2. The van der Waals surface area contributed by atoms with Crippen molar-refractivity contribution in [1.82, 2.24) is 0 Å². The third-order valence-corrected chi connectivity index (χ3v) is 7.26. The molecule has 0 amide bonds. The molecule has 0 saturated carbocycles. The Labute approximate surface area is 212 Å². The van der Waals surface area contributed by atoms with Crippen molar-refractivity contribution in [1.29, 1.82) is 0 Å². The first-order chi connectivity index (χ1) is 17.2. The molecule has 8 heteroatoms. The van der Waals surface area contributed by atoms with E-state index in [1.165, 1.54) is 0 Å². The van der Waals surface area contributed by atoms with E-state index in [4.69, 9.17) is 33.2 Å². The molecule has 2 atom stereocenters. The number of carbonyl (C=O) groups excluding carboxylic acids is 1. The topological polar surface area (TPSA) is 81.7 Å². The van der Waals surface area contributed by atoms with Gasteiger partial charge in [0.15, 0.2) is 23.0 Å². The molecule has 0 aromatic heterocycles. The lowest BCUT2D eigenvalue weighted by Crippen LogP contribution is -2.42. The second-order valence-electron chi connectivity index (χ2n) is 9.31. The number of fused-ring (bicyclic) bond motifs is 4. The van der Waals surface area contributed by atoms with Crippen LogP contribution in [0, 0.1) is 5.92 Å². The number of carbonyl (C=O) groups is 1. The number of rotatable bonds is 6. The van der Waals surface area contributed by atoms with Crippen LogP contribution in [0.2, 0.25) is 0 Å². The van der Waals surface area contributed by atoms with Crippen molar-refractivity contribution in [3.05, 3.63) is 34.9 Å². The van der Waals surface area contributed by atoms with Crippen molar-refractivity contribution in [2.75, 3.05) is 35.2 Å². The van der Waals surface area contributed by atoms with Crippen molar-refractivity contribution >= 4 is 5.97 Å². The van der Waals surface area contributed by atoms with Crippen LogP contribution in [0.15, 0.2) is 23.8 Å². The number of hydrogen-bond donors (Lipinski definition) is 0. The fourth-order valence-corrected chi connectivity index (χ4v) is 4.96. The van der Waals surface area contributed by atoms with E-state index >= 15 is 0 Å². The van der Waals surface area contributed by atoms with E-state index in [1.54, 1.807) is 41.4 Å². The number of esters is 1. The minimum absolute atomic E-state index is 0.0535. The van der Waals surface area contributed by atoms with E-state index in [9.17, 15) is 4.79 Å². The van der Waals surface area contributed by atoms with Gasteiger partial charge in [-0.3, -0.25) is 0 Å². The van der Waals surface area contributed by atoms with Crippen LogP contribution in [0.1, 0.15) is 38.8 Å². The summed E-state index contributed by atoms with van der Waals surface area (Å²) in [6.07, 6.45) is 2.77. The highest BCUT2D eigenvalue weighted by Crippen LogP contribution is 2.57. The minimum Gasteiger partial charge on any atom is -0.493 e. The third-order valence-electron chi connectivity index (χ3n) is 7.26. The summed E-state index contributed by atoms with van der Waals surface area (Å²) in [7, 11) is 6.35. The van der Waals surface area contributed by atoms with E-state index in [-0.39, 0.29) is 18.7 Å². The minimum atomic E-state index is -0.831. The normalized spacial score (nSPS) is 20.4. The fraction of sp³-hybridized carbons (Fsp3) is 0.464. The van der Waals surface area contributed by atoms with Crippen molar-refractivity contribution in [2.45, 2.75) is 46.1 Å². The van der Waals surface area contributed by atoms with Crippen LogP contribution >= 0.6 is 0 Å². The van der Waals surface area contributed by atoms with Crippen LogP contribution < -0.4 is 28.4 Å². The molecule has 0 spiro atoms. The first kappa shape index (κ1) is 25.5. The molecule has 8 nitrogen and oxygen atoms in total. The van der Waals surface area contributed by atoms with Crippen LogP contribution in [0.3, 0.4) is 0 Å². The van der Waals surface area contributed by atoms with Gasteiger partial charge in [-0.05, 0) is 50.5 Å². The van der Waals surface area contributed by atoms with Gasteiger partial charge in [-0.1, -0.05) is 13.0 Å². The predicted octanol–water partition coefficient (Wildman–Crippen LogP) is 5.12. The molecular weight excluding hydrogens is 464 g/mol. The van der Waals surface area contributed by atoms with E-state index in [0.29, 0.717) is 52.9 Å². The van der Waals surface area contributed by atoms with Crippen LogP contribution in [0.4, 0.5) is 0 Å². The molecule has 0 unspecified atom stereocenters. The molecule has 1 aliphatic carbocycles. The summed E-state index contributed by atoms with van der Waals surface area (Å²) in [4.78, 5) is 12.9. The molecule has 4 rings (SSSR count). The van der Waals surface area contributed by atoms with Gasteiger partial charge in [0.05, 0.1) is 28.4 Å². The van der Waals surface area contributed by atoms with Crippen LogP contribution in [0.25, 0.3) is 11.1 Å². The van der Waals surface area contributed by atoms with Gasteiger partial charge in [0.1, 0.15) is 5.60 Å². The molecule has 2 aliphatic rings. The highest BCUT2D eigenvalue weighted by Gasteiger charge is 2.42. The molecule has 2 aromatic rings. The Morgan fingerprint density at radius 3 is 2.25 bits per heavy atom. The number of benzene rings is 2. The van der Waals surface area contributed by atoms with Gasteiger partial charge in [-0.25, -0.2) is 4.79 Å².